The van der Waals surface area contributed by atoms with Gasteiger partial charge in [-0.1, -0.05) is 6.07 Å². The maximum atomic E-state index is 12.4. The first-order chi connectivity index (χ1) is 15.7. The second kappa shape index (κ2) is 9.14. The van der Waals surface area contributed by atoms with E-state index in [2.05, 4.69) is 26.3 Å². The Morgan fingerprint density at radius 2 is 1.58 bits per heavy atom. The van der Waals surface area contributed by atoms with Gasteiger partial charge in [0.2, 0.25) is 0 Å². The third-order valence-electron chi connectivity index (χ3n) is 5.63. The molecule has 0 saturated heterocycles. The smallest absolute Gasteiger partial charge is 0.334 e. The molecular weight excluding hydrogens is 444 g/mol. The minimum absolute atomic E-state index is 0.147. The summed E-state index contributed by atoms with van der Waals surface area (Å²) in [5.41, 5.74) is 10.9. The fourth-order valence-corrected chi connectivity index (χ4v) is 5.02. The van der Waals surface area contributed by atoms with Gasteiger partial charge in [0.15, 0.2) is 5.82 Å². The molecule has 5 N–H and O–H groups in total. The van der Waals surface area contributed by atoms with E-state index in [1.165, 1.54) is 21.9 Å². The third-order valence-corrected chi connectivity index (χ3v) is 6.56. The fourth-order valence-electron chi connectivity index (χ4n) is 4.29. The SMILES string of the molecule is Cn1ccc(N)n1.Cn1ccc(NS(=O)(=O)NC(=O)Nc2c3c(cc4c2CCC4)CCC3)n1. The Bertz CT molecular complexity index is 1230. The van der Waals surface area contributed by atoms with Crippen molar-refractivity contribution in [3.8, 4) is 0 Å². The number of hydrogen-bond donors (Lipinski definition) is 4. The summed E-state index contributed by atoms with van der Waals surface area (Å²) in [7, 11) is -0.552. The monoisotopic (exact) mass is 472 g/mol. The normalized spacial score (nSPS) is 14.1. The van der Waals surface area contributed by atoms with Gasteiger partial charge in [-0.05, 0) is 66.8 Å². The van der Waals surface area contributed by atoms with E-state index in [0.29, 0.717) is 5.82 Å². The maximum absolute atomic E-state index is 12.4. The predicted molar refractivity (Wildman–Crippen MR) is 126 cm³/mol. The van der Waals surface area contributed by atoms with Crippen molar-refractivity contribution < 1.29 is 13.2 Å². The van der Waals surface area contributed by atoms with E-state index in [0.717, 1.165) is 55.3 Å². The molecule has 2 heterocycles. The molecule has 0 bridgehead atoms. The minimum Gasteiger partial charge on any atom is -0.382 e. The van der Waals surface area contributed by atoms with Crippen molar-refractivity contribution in [2.24, 2.45) is 14.1 Å². The highest BCUT2D eigenvalue weighted by Gasteiger charge is 2.26. The van der Waals surface area contributed by atoms with Crippen molar-refractivity contribution in [2.75, 3.05) is 15.8 Å². The van der Waals surface area contributed by atoms with Gasteiger partial charge in [0, 0.05) is 38.2 Å². The highest BCUT2D eigenvalue weighted by atomic mass is 32.2. The summed E-state index contributed by atoms with van der Waals surface area (Å²) < 4.78 is 31.7. The summed E-state index contributed by atoms with van der Waals surface area (Å²) >= 11 is 0. The number of carbonyl (C=O) groups excluding carboxylic acids is 1. The average molecular weight is 473 g/mol. The van der Waals surface area contributed by atoms with Crippen LogP contribution in [0.3, 0.4) is 0 Å². The van der Waals surface area contributed by atoms with Crippen LogP contribution in [-0.2, 0) is 50.0 Å². The summed E-state index contributed by atoms with van der Waals surface area (Å²) in [4.78, 5) is 12.4. The molecule has 2 amide bonds. The van der Waals surface area contributed by atoms with Crippen LogP contribution in [-0.4, -0.2) is 34.0 Å². The summed E-state index contributed by atoms with van der Waals surface area (Å²) in [5, 5.41) is 10.5. The molecule has 0 atom stereocenters. The van der Waals surface area contributed by atoms with Gasteiger partial charge in [-0.15, -0.1) is 0 Å². The van der Waals surface area contributed by atoms with Gasteiger partial charge in [-0.3, -0.25) is 9.36 Å². The number of aromatic nitrogens is 4. The van der Waals surface area contributed by atoms with Crippen LogP contribution in [0.15, 0.2) is 30.6 Å². The second-order valence-corrected chi connectivity index (χ2v) is 9.60. The molecule has 0 radical (unpaired) electrons. The number of rotatable bonds is 4. The molecule has 1 aromatic carbocycles. The Morgan fingerprint density at radius 3 is 2.06 bits per heavy atom. The van der Waals surface area contributed by atoms with E-state index >= 15 is 0 Å². The standard InChI is InChI=1S/C17H21N5O3S.C4H7N3/c1-22-9-8-15(19-22)20-26(24,25)21-17(23)18-16-13-6-2-4-11(13)10-12-5-3-7-14(12)16;1-7-3-2-4(5)6-7/h8-10H,2-7H2,1H3,(H,19,20)(H2,18,21,23);2-3H,1H3,(H2,5,6). The molecule has 176 valence electrons. The average Bonchev–Trinajstić information content (AvgIpc) is 3.51. The number of amides is 2. The zero-order valence-corrected chi connectivity index (χ0v) is 19.4. The van der Waals surface area contributed by atoms with Gasteiger partial charge >= 0.3 is 16.2 Å². The molecule has 0 aliphatic heterocycles. The zero-order chi connectivity index (χ0) is 23.6. The molecular formula is C21H28N8O3S. The Hall–Kier alpha value is -3.54. The van der Waals surface area contributed by atoms with Crippen LogP contribution < -0.4 is 20.5 Å². The maximum Gasteiger partial charge on any atom is 0.334 e. The number of fused-ring (bicyclic) bond motifs is 2. The topological polar surface area (TPSA) is 149 Å². The summed E-state index contributed by atoms with van der Waals surface area (Å²) in [5.74, 6) is 0.719. The number of nitrogens with two attached hydrogens (primary N) is 1. The summed E-state index contributed by atoms with van der Waals surface area (Å²) in [6.07, 6.45) is 9.39. The van der Waals surface area contributed by atoms with Crippen molar-refractivity contribution >= 4 is 33.6 Å². The number of carbonyl (C=O) groups is 1. The number of nitrogen functional groups attached to an aromatic ring is 1. The minimum atomic E-state index is -4.06. The molecule has 0 spiro atoms. The van der Waals surface area contributed by atoms with Crippen LogP contribution >= 0.6 is 0 Å². The fraction of sp³-hybridized carbons (Fsp3) is 0.381. The van der Waals surface area contributed by atoms with E-state index in [1.54, 1.807) is 30.2 Å². The number of hydrogen-bond acceptors (Lipinski definition) is 6. The number of nitrogens with one attached hydrogen (secondary N) is 3. The lowest BCUT2D eigenvalue weighted by molar-refractivity contribution is 0.256. The van der Waals surface area contributed by atoms with Crippen molar-refractivity contribution in [1.29, 1.82) is 0 Å². The quantitative estimate of drug-likeness (QED) is 0.455. The molecule has 0 unspecified atom stereocenters. The van der Waals surface area contributed by atoms with E-state index in [9.17, 15) is 13.2 Å². The lowest BCUT2D eigenvalue weighted by atomic mass is 9.99. The molecule has 3 aromatic rings. The van der Waals surface area contributed by atoms with Crippen LogP contribution in [0.1, 0.15) is 35.1 Å². The predicted octanol–water partition coefficient (Wildman–Crippen LogP) is 1.88. The van der Waals surface area contributed by atoms with Crippen molar-refractivity contribution in [1.82, 2.24) is 24.3 Å². The second-order valence-electron chi connectivity index (χ2n) is 8.18. The van der Waals surface area contributed by atoms with Gasteiger partial charge < -0.3 is 11.1 Å². The Morgan fingerprint density at radius 1 is 0.970 bits per heavy atom. The lowest BCUT2D eigenvalue weighted by Gasteiger charge is -2.16. The molecule has 2 aromatic heterocycles. The van der Waals surface area contributed by atoms with Gasteiger partial charge in [-0.25, -0.2) is 14.2 Å². The van der Waals surface area contributed by atoms with Gasteiger partial charge in [0.05, 0.1) is 0 Å². The molecule has 2 aliphatic rings. The molecule has 2 aliphatic carbocycles. The number of nitrogens with zero attached hydrogens (tertiary/aromatic N) is 4. The Balaban J connectivity index is 0.000000318. The number of aryl methyl sites for hydroxylation is 4. The van der Waals surface area contributed by atoms with Gasteiger partial charge in [0.25, 0.3) is 0 Å². The largest absolute Gasteiger partial charge is 0.382 e. The summed E-state index contributed by atoms with van der Waals surface area (Å²) in [6, 6.07) is 4.75. The van der Waals surface area contributed by atoms with E-state index in [4.69, 9.17) is 5.73 Å². The molecule has 0 fully saturated rings. The highest BCUT2D eigenvalue weighted by Crippen LogP contribution is 2.38. The van der Waals surface area contributed by atoms with Crippen molar-refractivity contribution in [3.05, 3.63) is 52.8 Å². The first-order valence-electron chi connectivity index (χ1n) is 10.7. The van der Waals surface area contributed by atoms with Crippen LogP contribution in [0.25, 0.3) is 0 Å². The Kier molecular flexibility index (Phi) is 6.27. The van der Waals surface area contributed by atoms with Gasteiger partial charge in [-0.2, -0.15) is 18.6 Å². The number of urea groups is 1. The van der Waals surface area contributed by atoms with Gasteiger partial charge in [0.1, 0.15) is 5.82 Å². The zero-order valence-electron chi connectivity index (χ0n) is 18.6. The van der Waals surface area contributed by atoms with Crippen LogP contribution in [0.5, 0.6) is 0 Å². The van der Waals surface area contributed by atoms with Crippen LogP contribution in [0.2, 0.25) is 0 Å². The highest BCUT2D eigenvalue weighted by molar-refractivity contribution is 7.91. The van der Waals surface area contributed by atoms with E-state index < -0.39 is 16.2 Å². The lowest BCUT2D eigenvalue weighted by Crippen LogP contribution is -2.38. The van der Waals surface area contributed by atoms with Crippen LogP contribution in [0, 0.1) is 0 Å². The van der Waals surface area contributed by atoms with Crippen molar-refractivity contribution in [3.63, 3.8) is 0 Å². The molecule has 33 heavy (non-hydrogen) atoms. The molecule has 0 saturated carbocycles. The molecule has 12 heteroatoms. The third kappa shape index (κ3) is 5.45. The number of anilines is 3. The summed E-state index contributed by atoms with van der Waals surface area (Å²) in [6.45, 7) is 0. The van der Waals surface area contributed by atoms with Crippen molar-refractivity contribution in [2.45, 2.75) is 38.5 Å². The van der Waals surface area contributed by atoms with E-state index in [1.807, 2.05) is 11.8 Å². The molecule has 5 rings (SSSR count). The van der Waals surface area contributed by atoms with E-state index in [-0.39, 0.29) is 5.82 Å². The molecule has 11 nitrogen and oxygen atoms in total. The Labute approximate surface area is 192 Å². The number of benzene rings is 1. The first-order valence-corrected chi connectivity index (χ1v) is 12.2. The first kappa shape index (κ1) is 22.6. The van der Waals surface area contributed by atoms with Crippen LogP contribution in [0.4, 0.5) is 22.1 Å².